The zero-order valence-electron chi connectivity index (χ0n) is 15.2. The predicted octanol–water partition coefficient (Wildman–Crippen LogP) is 4.02. The van der Waals surface area contributed by atoms with Gasteiger partial charge in [0.05, 0.1) is 4.90 Å². The van der Waals surface area contributed by atoms with Gasteiger partial charge in [0, 0.05) is 19.0 Å². The maximum Gasteiger partial charge on any atom is 0.414 e. The van der Waals surface area contributed by atoms with Gasteiger partial charge in [0.25, 0.3) is 0 Å². The molecule has 0 saturated carbocycles. The molecule has 1 aromatic carbocycles. The second kappa shape index (κ2) is 7.44. The van der Waals surface area contributed by atoms with Gasteiger partial charge in [-0.1, -0.05) is 24.3 Å². The van der Waals surface area contributed by atoms with Crippen molar-refractivity contribution in [2.75, 3.05) is 12.8 Å². The summed E-state index contributed by atoms with van der Waals surface area (Å²) in [7, 11) is -3.18. The smallest absolute Gasteiger partial charge is 0.414 e. The molecule has 6 heteroatoms. The van der Waals surface area contributed by atoms with Crippen LogP contribution in [0, 0.1) is 0 Å². The summed E-state index contributed by atoms with van der Waals surface area (Å²) in [6.45, 7) is 6.19. The van der Waals surface area contributed by atoms with Crippen LogP contribution in [0.1, 0.15) is 39.2 Å². The Labute approximate surface area is 149 Å². The fourth-order valence-corrected chi connectivity index (χ4v) is 3.03. The highest BCUT2D eigenvalue weighted by molar-refractivity contribution is 7.90. The third-order valence-electron chi connectivity index (χ3n) is 3.61. The van der Waals surface area contributed by atoms with E-state index in [1.807, 2.05) is 39.1 Å². The van der Waals surface area contributed by atoms with Crippen LogP contribution >= 0.6 is 0 Å². The van der Waals surface area contributed by atoms with Crippen molar-refractivity contribution >= 4 is 22.0 Å². The highest BCUT2D eigenvalue weighted by Crippen LogP contribution is 2.20. The molecule has 0 fully saturated rings. The molecule has 0 atom stereocenters. The molecule has 0 aromatic heterocycles. The molecule has 25 heavy (non-hydrogen) atoms. The van der Waals surface area contributed by atoms with Crippen LogP contribution in [0.2, 0.25) is 0 Å². The molecule has 0 bridgehead atoms. The van der Waals surface area contributed by atoms with Crippen LogP contribution in [0.25, 0.3) is 6.08 Å². The van der Waals surface area contributed by atoms with Crippen molar-refractivity contribution in [1.82, 2.24) is 4.90 Å². The van der Waals surface area contributed by atoms with E-state index in [1.165, 1.54) is 6.26 Å². The lowest BCUT2D eigenvalue weighted by Gasteiger charge is -2.28. The number of carbonyl (C=O) groups is 1. The van der Waals surface area contributed by atoms with E-state index in [0.717, 1.165) is 24.0 Å². The van der Waals surface area contributed by atoms with Crippen LogP contribution in [0.4, 0.5) is 4.79 Å². The molecule has 136 valence electrons. The van der Waals surface area contributed by atoms with Crippen molar-refractivity contribution in [1.29, 1.82) is 0 Å². The number of rotatable bonds is 3. The van der Waals surface area contributed by atoms with E-state index in [0.29, 0.717) is 11.4 Å². The van der Waals surface area contributed by atoms with Crippen molar-refractivity contribution in [2.45, 2.75) is 44.1 Å². The lowest BCUT2D eigenvalue weighted by atomic mass is 10.1. The van der Waals surface area contributed by atoms with Crippen LogP contribution in [0.3, 0.4) is 0 Å². The minimum Gasteiger partial charge on any atom is -0.443 e. The van der Waals surface area contributed by atoms with Gasteiger partial charge in [0.2, 0.25) is 0 Å². The second-order valence-corrected chi connectivity index (χ2v) is 9.17. The number of hydrogen-bond acceptors (Lipinski definition) is 4. The van der Waals surface area contributed by atoms with E-state index in [9.17, 15) is 13.2 Å². The fourth-order valence-electron chi connectivity index (χ4n) is 2.40. The van der Waals surface area contributed by atoms with Crippen LogP contribution < -0.4 is 0 Å². The molecule has 1 aliphatic heterocycles. The van der Waals surface area contributed by atoms with Gasteiger partial charge in [-0.15, -0.1) is 0 Å². The first-order chi connectivity index (χ1) is 11.5. The maximum atomic E-state index is 12.1. The number of hydrogen-bond donors (Lipinski definition) is 0. The summed E-state index contributed by atoms with van der Waals surface area (Å²) in [5, 5.41) is 0. The summed E-state index contributed by atoms with van der Waals surface area (Å²) in [6, 6.07) is 6.72. The van der Waals surface area contributed by atoms with Gasteiger partial charge in [-0.2, -0.15) is 0 Å². The molecule has 0 saturated heterocycles. The highest BCUT2D eigenvalue weighted by Gasteiger charge is 2.22. The van der Waals surface area contributed by atoms with Gasteiger partial charge in [0.15, 0.2) is 9.84 Å². The lowest BCUT2D eigenvalue weighted by molar-refractivity contribution is 0.0325. The van der Waals surface area contributed by atoms with E-state index in [4.69, 9.17) is 4.74 Å². The van der Waals surface area contributed by atoms with Crippen LogP contribution in [0.5, 0.6) is 0 Å². The van der Waals surface area contributed by atoms with Crippen molar-refractivity contribution in [2.24, 2.45) is 0 Å². The van der Waals surface area contributed by atoms with Crippen LogP contribution in [-0.2, 0) is 14.6 Å². The zero-order valence-corrected chi connectivity index (χ0v) is 16.0. The fraction of sp³-hybridized carbons (Fsp3) is 0.421. The Balaban J connectivity index is 2.08. The number of ether oxygens (including phenoxy) is 1. The Morgan fingerprint density at radius 2 is 1.80 bits per heavy atom. The summed E-state index contributed by atoms with van der Waals surface area (Å²) < 4.78 is 28.3. The van der Waals surface area contributed by atoms with E-state index >= 15 is 0 Å². The Bertz CT molecular complexity index is 784. The third-order valence-corrected chi connectivity index (χ3v) is 4.74. The first kappa shape index (κ1) is 19.2. The highest BCUT2D eigenvalue weighted by atomic mass is 32.2. The molecule has 0 unspecified atom stereocenters. The molecule has 1 aliphatic rings. The maximum absolute atomic E-state index is 12.1. The Morgan fingerprint density at radius 3 is 2.36 bits per heavy atom. The molecule has 1 aromatic rings. The molecule has 5 nitrogen and oxygen atoms in total. The lowest BCUT2D eigenvalue weighted by Crippen LogP contribution is -2.35. The molecule has 0 aliphatic carbocycles. The first-order valence-electron chi connectivity index (χ1n) is 8.23. The molecule has 1 amide bonds. The molecule has 0 N–H and O–H groups in total. The summed E-state index contributed by atoms with van der Waals surface area (Å²) in [4.78, 5) is 14.0. The van der Waals surface area contributed by atoms with E-state index < -0.39 is 15.4 Å². The third kappa shape index (κ3) is 6.05. The summed E-state index contributed by atoms with van der Waals surface area (Å²) >= 11 is 0. The number of amides is 1. The first-order valence-corrected chi connectivity index (χ1v) is 10.1. The molecule has 0 spiro atoms. The normalized spacial score (nSPS) is 16.0. The van der Waals surface area contributed by atoms with Gasteiger partial charge in [-0.05, 0) is 56.9 Å². The van der Waals surface area contributed by atoms with E-state index in [2.05, 4.69) is 0 Å². The van der Waals surface area contributed by atoms with E-state index in [-0.39, 0.29) is 6.09 Å². The van der Waals surface area contributed by atoms with Gasteiger partial charge in [-0.3, -0.25) is 4.90 Å². The Hall–Kier alpha value is -2.08. The predicted molar refractivity (Wildman–Crippen MR) is 98.8 cm³/mol. The standard InChI is InChI=1S/C19H25NO4S/c1-19(2,3)24-18(21)20-13-5-6-16(14-20)8-7-15-9-11-17(12-10-15)25(4,22)23/h7-12,14H,5-6,13H2,1-4H3. The largest absolute Gasteiger partial charge is 0.443 e. The van der Waals surface area contributed by atoms with Gasteiger partial charge in [-0.25, -0.2) is 13.2 Å². The molecule has 0 radical (unpaired) electrons. The number of sulfone groups is 1. The number of nitrogens with zero attached hydrogens (tertiary/aromatic N) is 1. The van der Waals surface area contributed by atoms with Crippen LogP contribution in [-0.4, -0.2) is 37.8 Å². The molecule has 1 heterocycles. The summed E-state index contributed by atoms with van der Waals surface area (Å²) in [6.07, 6.45) is 8.30. The Morgan fingerprint density at radius 1 is 1.16 bits per heavy atom. The van der Waals surface area contributed by atoms with Crippen molar-refractivity contribution in [3.8, 4) is 0 Å². The minimum atomic E-state index is -3.18. The number of allylic oxidation sites excluding steroid dienone is 2. The second-order valence-electron chi connectivity index (χ2n) is 7.16. The van der Waals surface area contributed by atoms with Crippen LogP contribution in [0.15, 0.2) is 47.0 Å². The average Bonchev–Trinajstić information content (AvgIpc) is 2.51. The number of benzene rings is 1. The van der Waals surface area contributed by atoms with Crippen molar-refractivity contribution in [3.63, 3.8) is 0 Å². The van der Waals surface area contributed by atoms with Gasteiger partial charge >= 0.3 is 6.09 Å². The molecular weight excluding hydrogens is 338 g/mol. The minimum absolute atomic E-state index is 0.303. The topological polar surface area (TPSA) is 63.7 Å². The van der Waals surface area contributed by atoms with Gasteiger partial charge < -0.3 is 4.74 Å². The van der Waals surface area contributed by atoms with E-state index in [1.54, 1.807) is 29.2 Å². The van der Waals surface area contributed by atoms with Crippen molar-refractivity contribution < 1.29 is 17.9 Å². The monoisotopic (exact) mass is 363 g/mol. The summed E-state index contributed by atoms with van der Waals surface area (Å²) in [5.74, 6) is 0. The SMILES string of the molecule is CC(C)(C)OC(=O)N1C=C(C=Cc2ccc(S(C)(=O)=O)cc2)CCC1. The summed E-state index contributed by atoms with van der Waals surface area (Å²) in [5.41, 5.74) is 1.42. The Kier molecular flexibility index (Phi) is 5.72. The zero-order chi connectivity index (χ0) is 18.7. The van der Waals surface area contributed by atoms with Crippen molar-refractivity contribution in [3.05, 3.63) is 47.7 Å². The quantitative estimate of drug-likeness (QED) is 0.814. The average molecular weight is 363 g/mol. The van der Waals surface area contributed by atoms with Gasteiger partial charge in [0.1, 0.15) is 5.60 Å². The molecule has 2 rings (SSSR count). The molecular formula is C19H25NO4S. The number of carbonyl (C=O) groups excluding carboxylic acids is 1.